The highest BCUT2D eigenvalue weighted by molar-refractivity contribution is 5.94. The molecule has 2 aliphatic heterocycles. The Morgan fingerprint density at radius 1 is 0.848 bits per heavy atom. The van der Waals surface area contributed by atoms with Crippen LogP contribution in [0.3, 0.4) is 0 Å². The van der Waals surface area contributed by atoms with E-state index in [9.17, 15) is 4.79 Å². The number of piperidine rings is 1. The zero-order valence-electron chi connectivity index (χ0n) is 19.5. The number of amides is 1. The molecule has 4 heterocycles. The number of nitrogens with zero attached hydrogens (tertiary/aromatic N) is 6. The van der Waals surface area contributed by atoms with E-state index in [2.05, 4.69) is 44.0 Å². The van der Waals surface area contributed by atoms with Crippen LogP contribution in [0.2, 0.25) is 0 Å². The molecule has 2 aromatic heterocycles. The molecule has 0 unspecified atom stereocenters. The zero-order chi connectivity index (χ0) is 22.6. The zero-order valence-corrected chi connectivity index (χ0v) is 19.5. The maximum absolute atomic E-state index is 12.9. The molecule has 1 saturated carbocycles. The average Bonchev–Trinajstić information content (AvgIpc) is 3.38. The number of carbonyl (C=O) groups excluding carboxylic acids is 1. The number of anilines is 2. The molecule has 2 aromatic rings. The first-order chi connectivity index (χ1) is 16.2. The number of aromatic nitrogens is 3. The molecular weight excluding hydrogens is 416 g/mol. The molecule has 8 nitrogen and oxygen atoms in total. The summed E-state index contributed by atoms with van der Waals surface area (Å²) in [7, 11) is 0. The molecular formula is C25H34N6O2. The Kier molecular flexibility index (Phi) is 6.60. The SMILES string of the molecule is CC1CCN(c2ccc(N3CCN(C(=O)c4ccc(OC5CCCC5)nc4)CC3)nn2)CC1. The van der Waals surface area contributed by atoms with Gasteiger partial charge in [-0.05, 0) is 62.6 Å². The second-order valence-electron chi connectivity index (χ2n) is 9.61. The van der Waals surface area contributed by atoms with Crippen LogP contribution in [0, 0.1) is 5.92 Å². The van der Waals surface area contributed by atoms with Crippen molar-refractivity contribution in [1.82, 2.24) is 20.1 Å². The van der Waals surface area contributed by atoms with Crippen molar-refractivity contribution in [1.29, 1.82) is 0 Å². The van der Waals surface area contributed by atoms with Crippen LogP contribution in [-0.2, 0) is 0 Å². The lowest BCUT2D eigenvalue weighted by Crippen LogP contribution is -2.49. The van der Waals surface area contributed by atoms with Crippen LogP contribution in [0.4, 0.5) is 11.6 Å². The van der Waals surface area contributed by atoms with Gasteiger partial charge < -0.3 is 19.4 Å². The summed E-state index contributed by atoms with van der Waals surface area (Å²) >= 11 is 0. The smallest absolute Gasteiger partial charge is 0.255 e. The fraction of sp³-hybridized carbons (Fsp3) is 0.600. The summed E-state index contributed by atoms with van der Waals surface area (Å²) in [6, 6.07) is 7.79. The highest BCUT2D eigenvalue weighted by atomic mass is 16.5. The molecule has 2 saturated heterocycles. The third-order valence-corrected chi connectivity index (χ3v) is 7.21. The van der Waals surface area contributed by atoms with Crippen molar-refractivity contribution in [2.24, 2.45) is 5.92 Å². The molecule has 33 heavy (non-hydrogen) atoms. The topological polar surface area (TPSA) is 74.7 Å². The lowest BCUT2D eigenvalue weighted by Gasteiger charge is -2.35. The van der Waals surface area contributed by atoms with Crippen LogP contribution in [0.1, 0.15) is 55.8 Å². The summed E-state index contributed by atoms with van der Waals surface area (Å²) in [6.07, 6.45) is 8.98. The summed E-state index contributed by atoms with van der Waals surface area (Å²) in [4.78, 5) is 23.7. The van der Waals surface area contributed by atoms with Gasteiger partial charge in [-0.1, -0.05) is 6.92 Å². The van der Waals surface area contributed by atoms with Gasteiger partial charge in [-0.25, -0.2) is 4.98 Å². The lowest BCUT2D eigenvalue weighted by molar-refractivity contribution is 0.0746. The largest absolute Gasteiger partial charge is 0.474 e. The minimum absolute atomic E-state index is 0.0234. The Morgan fingerprint density at radius 2 is 1.48 bits per heavy atom. The van der Waals surface area contributed by atoms with Crippen LogP contribution in [0.15, 0.2) is 30.5 Å². The number of carbonyl (C=O) groups is 1. The van der Waals surface area contributed by atoms with E-state index in [1.807, 2.05) is 17.0 Å². The number of piperazine rings is 1. The maximum atomic E-state index is 12.9. The Morgan fingerprint density at radius 3 is 2.06 bits per heavy atom. The van der Waals surface area contributed by atoms with Crippen LogP contribution in [0.25, 0.3) is 0 Å². The quantitative estimate of drug-likeness (QED) is 0.691. The molecule has 1 aliphatic carbocycles. The first-order valence-electron chi connectivity index (χ1n) is 12.4. The van der Waals surface area contributed by atoms with E-state index in [0.717, 1.165) is 56.6 Å². The van der Waals surface area contributed by atoms with Crippen molar-refractivity contribution in [3.8, 4) is 5.88 Å². The molecule has 0 N–H and O–H groups in total. The van der Waals surface area contributed by atoms with Gasteiger partial charge >= 0.3 is 0 Å². The Bertz CT molecular complexity index is 913. The van der Waals surface area contributed by atoms with Gasteiger partial charge in [0.05, 0.1) is 5.56 Å². The Hall–Kier alpha value is -2.90. The van der Waals surface area contributed by atoms with E-state index in [1.54, 1.807) is 6.20 Å². The molecule has 8 heteroatoms. The number of ether oxygens (including phenoxy) is 1. The van der Waals surface area contributed by atoms with Gasteiger partial charge in [0.2, 0.25) is 5.88 Å². The van der Waals surface area contributed by atoms with Gasteiger partial charge in [-0.15, -0.1) is 10.2 Å². The van der Waals surface area contributed by atoms with Gasteiger partial charge in [0, 0.05) is 51.5 Å². The number of pyridine rings is 1. The number of hydrogen-bond donors (Lipinski definition) is 0. The minimum atomic E-state index is 0.0234. The molecule has 0 radical (unpaired) electrons. The predicted octanol–water partition coefficient (Wildman–Crippen LogP) is 3.39. The fourth-order valence-electron chi connectivity index (χ4n) is 4.97. The van der Waals surface area contributed by atoms with Crippen molar-refractivity contribution in [3.05, 3.63) is 36.0 Å². The first kappa shape index (κ1) is 21.9. The van der Waals surface area contributed by atoms with E-state index in [-0.39, 0.29) is 12.0 Å². The van der Waals surface area contributed by atoms with Crippen LogP contribution >= 0.6 is 0 Å². The predicted molar refractivity (Wildman–Crippen MR) is 128 cm³/mol. The molecule has 5 rings (SSSR count). The molecule has 3 fully saturated rings. The highest BCUT2D eigenvalue weighted by Crippen LogP contribution is 2.24. The van der Waals surface area contributed by atoms with Crippen molar-refractivity contribution < 1.29 is 9.53 Å². The van der Waals surface area contributed by atoms with Crippen LogP contribution in [-0.4, -0.2) is 71.4 Å². The number of hydrogen-bond acceptors (Lipinski definition) is 7. The van der Waals surface area contributed by atoms with Crippen LogP contribution in [0.5, 0.6) is 5.88 Å². The molecule has 176 valence electrons. The standard InChI is InChI=1S/C25H34N6O2/c1-19-10-12-29(13-11-19)22-7-8-23(28-27-22)30-14-16-31(17-15-30)25(32)20-6-9-24(26-18-20)33-21-4-2-3-5-21/h6-9,18-19,21H,2-5,10-17H2,1H3. The van der Waals surface area contributed by atoms with Gasteiger partial charge in [-0.3, -0.25) is 4.79 Å². The van der Waals surface area contributed by atoms with Crippen molar-refractivity contribution in [2.75, 3.05) is 49.1 Å². The molecule has 0 aromatic carbocycles. The molecule has 0 spiro atoms. The van der Waals surface area contributed by atoms with Crippen LogP contribution < -0.4 is 14.5 Å². The third-order valence-electron chi connectivity index (χ3n) is 7.21. The monoisotopic (exact) mass is 450 g/mol. The molecule has 1 amide bonds. The average molecular weight is 451 g/mol. The van der Waals surface area contributed by atoms with Gasteiger partial charge in [0.15, 0.2) is 11.6 Å². The summed E-state index contributed by atoms with van der Waals surface area (Å²) in [5.41, 5.74) is 0.613. The summed E-state index contributed by atoms with van der Waals surface area (Å²) in [5, 5.41) is 8.97. The van der Waals surface area contributed by atoms with E-state index < -0.39 is 0 Å². The maximum Gasteiger partial charge on any atom is 0.255 e. The first-order valence-corrected chi connectivity index (χ1v) is 12.4. The van der Waals surface area contributed by atoms with Crippen molar-refractivity contribution >= 4 is 17.5 Å². The summed E-state index contributed by atoms with van der Waals surface area (Å²) in [5.74, 6) is 3.28. The van der Waals surface area contributed by atoms with Gasteiger partial charge in [0.1, 0.15) is 6.10 Å². The van der Waals surface area contributed by atoms with E-state index in [1.165, 1.54) is 25.7 Å². The Labute approximate surface area is 195 Å². The third kappa shape index (κ3) is 5.20. The molecule has 0 bridgehead atoms. The molecule has 0 atom stereocenters. The summed E-state index contributed by atoms with van der Waals surface area (Å²) in [6.45, 7) is 7.23. The lowest BCUT2D eigenvalue weighted by atomic mass is 9.99. The fourth-order valence-corrected chi connectivity index (χ4v) is 4.97. The van der Waals surface area contributed by atoms with Gasteiger partial charge in [-0.2, -0.15) is 0 Å². The van der Waals surface area contributed by atoms with Crippen molar-refractivity contribution in [3.63, 3.8) is 0 Å². The number of rotatable bonds is 5. The normalized spacial score (nSPS) is 20.3. The Balaban J connectivity index is 1.12. The van der Waals surface area contributed by atoms with Crippen molar-refractivity contribution in [2.45, 2.75) is 51.6 Å². The second-order valence-corrected chi connectivity index (χ2v) is 9.61. The summed E-state index contributed by atoms with van der Waals surface area (Å²) < 4.78 is 5.91. The van der Waals surface area contributed by atoms with Gasteiger partial charge in [0.25, 0.3) is 5.91 Å². The van der Waals surface area contributed by atoms with E-state index in [0.29, 0.717) is 24.5 Å². The highest BCUT2D eigenvalue weighted by Gasteiger charge is 2.24. The molecule has 3 aliphatic rings. The second kappa shape index (κ2) is 9.93. The van der Waals surface area contributed by atoms with E-state index in [4.69, 9.17) is 4.74 Å². The minimum Gasteiger partial charge on any atom is -0.474 e. The van der Waals surface area contributed by atoms with E-state index >= 15 is 0 Å².